The van der Waals surface area contributed by atoms with E-state index in [-0.39, 0.29) is 6.10 Å². The van der Waals surface area contributed by atoms with E-state index in [4.69, 9.17) is 5.11 Å². The summed E-state index contributed by atoms with van der Waals surface area (Å²) in [7, 11) is 0. The van der Waals surface area contributed by atoms with E-state index in [0.29, 0.717) is 0 Å². The summed E-state index contributed by atoms with van der Waals surface area (Å²) in [5.74, 6) is 0. The molecule has 0 aliphatic carbocycles. The number of rotatable bonds is 3. The predicted octanol–water partition coefficient (Wildman–Crippen LogP) is 1.88. The summed E-state index contributed by atoms with van der Waals surface area (Å²) in [5.41, 5.74) is 3.63. The highest BCUT2D eigenvalue weighted by molar-refractivity contribution is 5.03. The normalized spacial score (nSPS) is 12.3. The van der Waals surface area contributed by atoms with E-state index >= 15 is 0 Å². The van der Waals surface area contributed by atoms with Crippen molar-refractivity contribution in [3.05, 3.63) is 17.9 Å². The van der Waals surface area contributed by atoms with E-state index in [0.717, 1.165) is 18.4 Å². The summed E-state index contributed by atoms with van der Waals surface area (Å²) in [6.45, 7) is 7.29. The molecular weight excluding hydrogens is 112 g/mol. The van der Waals surface area contributed by atoms with E-state index in [1.165, 1.54) is 0 Å². The first-order valence-electron chi connectivity index (χ1n) is 3.29. The third-order valence-corrected chi connectivity index (χ3v) is 1.25. The number of aliphatic hydroxyl groups is 1. The van der Waals surface area contributed by atoms with Crippen LogP contribution in [-0.2, 0) is 0 Å². The fourth-order valence-corrected chi connectivity index (χ4v) is 0.714. The summed E-state index contributed by atoms with van der Waals surface area (Å²) >= 11 is 0. The van der Waals surface area contributed by atoms with Gasteiger partial charge in [-0.05, 0) is 18.9 Å². The summed E-state index contributed by atoms with van der Waals surface area (Å²) in [6, 6.07) is 0. The van der Waals surface area contributed by atoms with Gasteiger partial charge in [-0.1, -0.05) is 19.9 Å². The van der Waals surface area contributed by atoms with Crippen LogP contribution in [-0.4, -0.2) is 11.2 Å². The average molecular weight is 126 g/mol. The van der Waals surface area contributed by atoms with Crippen LogP contribution in [0.2, 0.25) is 0 Å². The number of hydrogen-bond acceptors (Lipinski definition) is 1. The lowest BCUT2D eigenvalue weighted by atomic mass is 10.1. The van der Waals surface area contributed by atoms with Gasteiger partial charge in [0, 0.05) is 0 Å². The lowest BCUT2D eigenvalue weighted by Crippen LogP contribution is -2.02. The van der Waals surface area contributed by atoms with Gasteiger partial charge in [0.05, 0.1) is 6.10 Å². The van der Waals surface area contributed by atoms with Crippen LogP contribution in [0.15, 0.2) is 17.9 Å². The zero-order valence-electron chi connectivity index (χ0n) is 6.15. The van der Waals surface area contributed by atoms with E-state index < -0.39 is 0 Å². The van der Waals surface area contributed by atoms with Crippen LogP contribution >= 0.6 is 0 Å². The molecule has 0 aliphatic rings. The van der Waals surface area contributed by atoms with Crippen molar-refractivity contribution in [2.24, 2.45) is 0 Å². The minimum absolute atomic E-state index is 0.373. The Kier molecular flexibility index (Phi) is 4.12. The fourth-order valence-electron chi connectivity index (χ4n) is 0.714. The molecule has 0 aromatic heterocycles. The Morgan fingerprint density at radius 2 is 2.33 bits per heavy atom. The van der Waals surface area contributed by atoms with Gasteiger partial charge in [0.15, 0.2) is 0 Å². The highest BCUT2D eigenvalue weighted by Crippen LogP contribution is 2.06. The van der Waals surface area contributed by atoms with Crippen molar-refractivity contribution >= 4 is 0 Å². The molecule has 0 spiro atoms. The largest absolute Gasteiger partial charge is 0.388 e. The molecule has 0 amide bonds. The van der Waals surface area contributed by atoms with Gasteiger partial charge in [-0.2, -0.15) is 0 Å². The van der Waals surface area contributed by atoms with Gasteiger partial charge >= 0.3 is 0 Å². The minimum Gasteiger partial charge on any atom is -0.388 e. The lowest BCUT2D eigenvalue weighted by molar-refractivity contribution is 0.227. The first-order valence-corrected chi connectivity index (χ1v) is 3.29. The van der Waals surface area contributed by atoms with Crippen molar-refractivity contribution in [3.8, 4) is 0 Å². The monoisotopic (exact) mass is 126 g/mol. The Labute approximate surface area is 56.7 Å². The van der Waals surface area contributed by atoms with Gasteiger partial charge in [0.1, 0.15) is 0 Å². The van der Waals surface area contributed by atoms with Crippen molar-refractivity contribution in [3.63, 3.8) is 0 Å². The first kappa shape index (κ1) is 8.48. The van der Waals surface area contributed by atoms with Crippen LogP contribution in [0.5, 0.6) is 0 Å². The van der Waals surface area contributed by atoms with Gasteiger partial charge in [0.2, 0.25) is 0 Å². The Bertz CT molecular complexity index is 119. The second-order valence-corrected chi connectivity index (χ2v) is 2.13. The molecule has 0 saturated heterocycles. The minimum atomic E-state index is -0.373. The maximum atomic E-state index is 9.00. The molecule has 0 bridgehead atoms. The summed E-state index contributed by atoms with van der Waals surface area (Å²) < 4.78 is 0. The van der Waals surface area contributed by atoms with Crippen molar-refractivity contribution in [1.82, 2.24) is 0 Å². The van der Waals surface area contributed by atoms with E-state index in [1.807, 2.05) is 0 Å². The van der Waals surface area contributed by atoms with Crippen molar-refractivity contribution in [2.45, 2.75) is 32.8 Å². The highest BCUT2D eigenvalue weighted by Gasteiger charge is 2.00. The Hall–Kier alpha value is -0.520. The Balaban J connectivity index is 3.86. The Morgan fingerprint density at radius 3 is 2.44 bits per heavy atom. The molecule has 1 N–H and O–H groups in total. The van der Waals surface area contributed by atoms with E-state index in [9.17, 15) is 0 Å². The SMILES string of the molecule is C=C=C(CCC)[C@@H](C)O. The molecule has 0 aromatic rings. The molecule has 0 fully saturated rings. The highest BCUT2D eigenvalue weighted by atomic mass is 16.3. The molecule has 1 atom stereocenters. The van der Waals surface area contributed by atoms with Crippen LogP contribution in [0.25, 0.3) is 0 Å². The van der Waals surface area contributed by atoms with E-state index in [2.05, 4.69) is 19.2 Å². The molecule has 0 saturated carbocycles. The second kappa shape index (κ2) is 4.37. The number of hydrogen-bond donors (Lipinski definition) is 1. The topological polar surface area (TPSA) is 20.2 Å². The van der Waals surface area contributed by atoms with Crippen molar-refractivity contribution in [2.75, 3.05) is 0 Å². The quantitative estimate of drug-likeness (QED) is 0.572. The van der Waals surface area contributed by atoms with Gasteiger partial charge in [0.25, 0.3) is 0 Å². The fraction of sp³-hybridized carbons (Fsp3) is 0.625. The molecule has 52 valence electrons. The number of aliphatic hydroxyl groups excluding tert-OH is 1. The van der Waals surface area contributed by atoms with Gasteiger partial charge in [-0.3, -0.25) is 0 Å². The van der Waals surface area contributed by atoms with Crippen LogP contribution in [0.1, 0.15) is 26.7 Å². The first-order chi connectivity index (χ1) is 4.22. The smallest absolute Gasteiger partial charge is 0.0795 e. The molecule has 9 heavy (non-hydrogen) atoms. The maximum Gasteiger partial charge on any atom is 0.0795 e. The van der Waals surface area contributed by atoms with Crippen LogP contribution < -0.4 is 0 Å². The van der Waals surface area contributed by atoms with E-state index in [1.54, 1.807) is 6.92 Å². The molecule has 1 nitrogen and oxygen atoms in total. The Morgan fingerprint density at radius 1 is 1.78 bits per heavy atom. The molecule has 1 heteroatoms. The molecule has 0 aromatic carbocycles. The molecular formula is C8H14O. The summed E-state index contributed by atoms with van der Waals surface area (Å²) in [6.07, 6.45) is 1.58. The second-order valence-electron chi connectivity index (χ2n) is 2.13. The molecule has 0 unspecified atom stereocenters. The van der Waals surface area contributed by atoms with Crippen LogP contribution in [0, 0.1) is 0 Å². The maximum absolute atomic E-state index is 9.00. The van der Waals surface area contributed by atoms with Gasteiger partial charge in [-0.25, -0.2) is 0 Å². The van der Waals surface area contributed by atoms with Crippen molar-refractivity contribution < 1.29 is 5.11 Å². The lowest BCUT2D eigenvalue weighted by Gasteiger charge is -2.04. The molecule has 0 aliphatic heterocycles. The third kappa shape index (κ3) is 3.12. The third-order valence-electron chi connectivity index (χ3n) is 1.25. The van der Waals surface area contributed by atoms with Gasteiger partial charge in [-0.15, -0.1) is 5.73 Å². The van der Waals surface area contributed by atoms with Gasteiger partial charge < -0.3 is 5.11 Å². The predicted molar refractivity (Wildman–Crippen MR) is 39.2 cm³/mol. The summed E-state index contributed by atoms with van der Waals surface area (Å²) in [5, 5.41) is 9.00. The molecule has 0 rings (SSSR count). The molecule has 0 heterocycles. The average Bonchev–Trinajstić information content (AvgIpc) is 1.82. The van der Waals surface area contributed by atoms with Crippen molar-refractivity contribution in [1.29, 1.82) is 0 Å². The zero-order chi connectivity index (χ0) is 7.28. The van der Waals surface area contributed by atoms with Crippen LogP contribution in [0.3, 0.4) is 0 Å². The summed E-state index contributed by atoms with van der Waals surface area (Å²) in [4.78, 5) is 0. The molecule has 0 radical (unpaired) electrons. The zero-order valence-corrected chi connectivity index (χ0v) is 6.15. The van der Waals surface area contributed by atoms with Crippen LogP contribution in [0.4, 0.5) is 0 Å². The standard InChI is InChI=1S/C8H14O/c1-4-6-8(5-2)7(3)9/h7,9H,2,4,6H2,1,3H3/t7-/m1/s1.